The van der Waals surface area contributed by atoms with Crippen LogP contribution in [0.2, 0.25) is 0 Å². The number of Topliss-reactive ketones (excluding diaryl/α,β-unsaturated/α-hetero) is 1. The standard InChI is InChI=1S/C22H22N4O2S/c1-4-26-21(16-10-6-8-12-19(16)28-3)24-25-22(26)29-14(2)20(27)17-13-23-18-11-7-5-9-15(17)18/h5-14,23H,4H2,1-3H3. The number of rotatable bonds is 7. The minimum Gasteiger partial charge on any atom is -0.496 e. The highest BCUT2D eigenvalue weighted by Gasteiger charge is 2.24. The second-order valence-corrected chi connectivity index (χ2v) is 7.93. The molecule has 0 saturated carbocycles. The van der Waals surface area contributed by atoms with Crippen LogP contribution >= 0.6 is 11.8 Å². The second kappa shape index (κ2) is 8.13. The summed E-state index contributed by atoms with van der Waals surface area (Å²) in [7, 11) is 1.64. The van der Waals surface area contributed by atoms with Crippen molar-refractivity contribution < 1.29 is 9.53 Å². The average molecular weight is 407 g/mol. The molecule has 2 aromatic carbocycles. The van der Waals surface area contributed by atoms with Gasteiger partial charge >= 0.3 is 0 Å². The van der Waals surface area contributed by atoms with Gasteiger partial charge in [-0.15, -0.1) is 10.2 Å². The number of benzene rings is 2. The summed E-state index contributed by atoms with van der Waals surface area (Å²) >= 11 is 1.42. The predicted octanol–water partition coefficient (Wildman–Crippen LogP) is 4.82. The van der Waals surface area contributed by atoms with Crippen LogP contribution in [0.4, 0.5) is 0 Å². The minimum absolute atomic E-state index is 0.0666. The molecule has 2 aromatic heterocycles. The summed E-state index contributed by atoms with van der Waals surface area (Å²) in [6, 6.07) is 15.6. The van der Waals surface area contributed by atoms with Gasteiger partial charge in [-0.25, -0.2) is 0 Å². The molecule has 1 unspecified atom stereocenters. The van der Waals surface area contributed by atoms with Gasteiger partial charge in [-0.2, -0.15) is 0 Å². The number of para-hydroxylation sites is 2. The van der Waals surface area contributed by atoms with E-state index in [2.05, 4.69) is 15.2 Å². The van der Waals surface area contributed by atoms with Gasteiger partial charge in [0.2, 0.25) is 0 Å². The van der Waals surface area contributed by atoms with Crippen LogP contribution in [-0.2, 0) is 6.54 Å². The summed E-state index contributed by atoms with van der Waals surface area (Å²) in [5.41, 5.74) is 2.54. The first-order chi connectivity index (χ1) is 14.1. The van der Waals surface area contributed by atoms with Gasteiger partial charge in [0, 0.05) is 29.2 Å². The largest absolute Gasteiger partial charge is 0.496 e. The Hall–Kier alpha value is -3.06. The van der Waals surface area contributed by atoms with E-state index in [1.54, 1.807) is 13.3 Å². The van der Waals surface area contributed by atoms with E-state index in [4.69, 9.17) is 4.74 Å². The number of thioether (sulfide) groups is 1. The first kappa shape index (κ1) is 19.3. The van der Waals surface area contributed by atoms with Gasteiger partial charge in [-0.05, 0) is 32.0 Å². The van der Waals surface area contributed by atoms with Crippen molar-refractivity contribution >= 4 is 28.4 Å². The van der Waals surface area contributed by atoms with Gasteiger partial charge in [0.05, 0.1) is 17.9 Å². The molecule has 0 amide bonds. The van der Waals surface area contributed by atoms with Crippen LogP contribution in [0, 0.1) is 0 Å². The van der Waals surface area contributed by atoms with E-state index in [1.165, 1.54) is 11.8 Å². The number of carbonyl (C=O) groups is 1. The molecule has 148 valence electrons. The van der Waals surface area contributed by atoms with E-state index in [-0.39, 0.29) is 11.0 Å². The minimum atomic E-state index is -0.297. The lowest BCUT2D eigenvalue weighted by Crippen LogP contribution is -2.14. The summed E-state index contributed by atoms with van der Waals surface area (Å²) in [6.07, 6.45) is 1.79. The average Bonchev–Trinajstić information content (AvgIpc) is 3.37. The summed E-state index contributed by atoms with van der Waals surface area (Å²) in [6.45, 7) is 4.64. The maximum Gasteiger partial charge on any atom is 0.192 e. The first-order valence-electron chi connectivity index (χ1n) is 9.47. The predicted molar refractivity (Wildman–Crippen MR) is 116 cm³/mol. The van der Waals surface area contributed by atoms with Crippen molar-refractivity contribution in [3.8, 4) is 17.1 Å². The van der Waals surface area contributed by atoms with E-state index >= 15 is 0 Å². The molecule has 4 aromatic rings. The number of fused-ring (bicyclic) bond motifs is 1. The van der Waals surface area contributed by atoms with E-state index in [1.807, 2.05) is 66.9 Å². The Bertz CT molecular complexity index is 1160. The van der Waals surface area contributed by atoms with E-state index in [0.717, 1.165) is 28.0 Å². The third-order valence-corrected chi connectivity index (χ3v) is 5.97. The van der Waals surface area contributed by atoms with Crippen molar-refractivity contribution in [2.45, 2.75) is 30.8 Å². The van der Waals surface area contributed by atoms with Crippen molar-refractivity contribution in [1.82, 2.24) is 19.7 Å². The monoisotopic (exact) mass is 406 g/mol. The summed E-state index contributed by atoms with van der Waals surface area (Å²) < 4.78 is 7.49. The highest BCUT2D eigenvalue weighted by Crippen LogP contribution is 2.33. The fraction of sp³-hybridized carbons (Fsp3) is 0.227. The molecule has 0 aliphatic rings. The van der Waals surface area contributed by atoms with Gasteiger partial charge < -0.3 is 14.3 Å². The number of aromatic amines is 1. The molecule has 0 radical (unpaired) electrons. The Kier molecular flexibility index (Phi) is 5.40. The molecule has 0 saturated heterocycles. The number of hydrogen-bond acceptors (Lipinski definition) is 5. The molecule has 29 heavy (non-hydrogen) atoms. The Morgan fingerprint density at radius 2 is 1.93 bits per heavy atom. The first-order valence-corrected chi connectivity index (χ1v) is 10.4. The van der Waals surface area contributed by atoms with Gasteiger partial charge in [-0.3, -0.25) is 4.79 Å². The van der Waals surface area contributed by atoms with E-state index in [0.29, 0.717) is 17.3 Å². The van der Waals surface area contributed by atoms with Gasteiger partial charge in [0.1, 0.15) is 5.75 Å². The Morgan fingerprint density at radius 1 is 1.17 bits per heavy atom. The van der Waals surface area contributed by atoms with Gasteiger partial charge in [-0.1, -0.05) is 42.1 Å². The SMILES string of the molecule is CCn1c(SC(C)C(=O)c2c[nH]c3ccccc23)nnc1-c1ccccc1OC. The molecule has 6 nitrogen and oxygen atoms in total. The second-order valence-electron chi connectivity index (χ2n) is 6.62. The molecule has 7 heteroatoms. The molecule has 1 N–H and O–H groups in total. The fourth-order valence-electron chi connectivity index (χ4n) is 3.40. The van der Waals surface area contributed by atoms with Crippen LogP contribution in [0.5, 0.6) is 5.75 Å². The lowest BCUT2D eigenvalue weighted by atomic mass is 10.1. The zero-order valence-corrected chi connectivity index (χ0v) is 17.4. The van der Waals surface area contributed by atoms with Crippen LogP contribution in [0.3, 0.4) is 0 Å². The molecule has 0 fully saturated rings. The number of methoxy groups -OCH3 is 1. The Morgan fingerprint density at radius 3 is 2.72 bits per heavy atom. The quantitative estimate of drug-likeness (QED) is 0.352. The number of nitrogens with zero attached hydrogens (tertiary/aromatic N) is 3. The number of carbonyl (C=O) groups excluding carboxylic acids is 1. The van der Waals surface area contributed by atoms with Crippen molar-refractivity contribution in [2.24, 2.45) is 0 Å². The smallest absolute Gasteiger partial charge is 0.192 e. The normalized spacial score (nSPS) is 12.2. The lowest BCUT2D eigenvalue weighted by Gasteiger charge is -2.12. The van der Waals surface area contributed by atoms with Crippen molar-refractivity contribution in [2.75, 3.05) is 7.11 Å². The van der Waals surface area contributed by atoms with E-state index < -0.39 is 0 Å². The zero-order valence-electron chi connectivity index (χ0n) is 16.5. The molecular weight excluding hydrogens is 384 g/mol. The molecule has 0 spiro atoms. The van der Waals surface area contributed by atoms with Crippen LogP contribution in [0.25, 0.3) is 22.3 Å². The van der Waals surface area contributed by atoms with Crippen LogP contribution in [0.15, 0.2) is 59.9 Å². The Balaban J connectivity index is 1.63. The highest BCUT2D eigenvalue weighted by atomic mass is 32.2. The number of nitrogens with one attached hydrogen (secondary N) is 1. The van der Waals surface area contributed by atoms with Crippen molar-refractivity contribution in [1.29, 1.82) is 0 Å². The summed E-state index contributed by atoms with van der Waals surface area (Å²) in [5, 5.41) is 10.1. The summed E-state index contributed by atoms with van der Waals surface area (Å²) in [4.78, 5) is 16.3. The summed E-state index contributed by atoms with van der Waals surface area (Å²) in [5.74, 6) is 1.55. The van der Waals surface area contributed by atoms with Crippen LogP contribution in [-0.4, -0.2) is 37.9 Å². The highest BCUT2D eigenvalue weighted by molar-refractivity contribution is 8.00. The lowest BCUT2D eigenvalue weighted by molar-refractivity contribution is 0.0995. The molecule has 1 atom stereocenters. The number of hydrogen-bond donors (Lipinski definition) is 1. The molecule has 0 aliphatic carbocycles. The van der Waals surface area contributed by atoms with Gasteiger partial charge in [0.15, 0.2) is 16.8 Å². The molecule has 4 rings (SSSR count). The molecule has 2 heterocycles. The third-order valence-electron chi connectivity index (χ3n) is 4.89. The van der Waals surface area contributed by atoms with Crippen LogP contribution < -0.4 is 4.74 Å². The van der Waals surface area contributed by atoms with Crippen molar-refractivity contribution in [3.63, 3.8) is 0 Å². The number of ketones is 1. The number of aromatic nitrogens is 4. The third kappa shape index (κ3) is 3.53. The fourth-order valence-corrected chi connectivity index (χ4v) is 4.38. The van der Waals surface area contributed by atoms with Crippen molar-refractivity contribution in [3.05, 3.63) is 60.3 Å². The Labute approximate surface area is 173 Å². The zero-order chi connectivity index (χ0) is 20.4. The molecule has 0 bridgehead atoms. The van der Waals surface area contributed by atoms with Crippen LogP contribution in [0.1, 0.15) is 24.2 Å². The maximum atomic E-state index is 13.1. The van der Waals surface area contributed by atoms with Gasteiger partial charge in [0.25, 0.3) is 0 Å². The number of H-pyrrole nitrogens is 1. The number of ether oxygens (including phenoxy) is 1. The molecular formula is C22H22N4O2S. The topological polar surface area (TPSA) is 72.8 Å². The van der Waals surface area contributed by atoms with E-state index in [9.17, 15) is 4.79 Å². The maximum absolute atomic E-state index is 13.1. The molecule has 0 aliphatic heterocycles.